The van der Waals surface area contributed by atoms with Crippen molar-refractivity contribution in [2.75, 3.05) is 26.0 Å². The molecule has 14 nitrogen and oxygen atoms in total. The van der Waals surface area contributed by atoms with Crippen LogP contribution in [0.1, 0.15) is 64.9 Å². The number of amides is 4. The van der Waals surface area contributed by atoms with E-state index in [9.17, 15) is 24.3 Å². The van der Waals surface area contributed by atoms with E-state index in [2.05, 4.69) is 32.8 Å². The number of carbonyl (C=O) groups is 4. The Labute approximate surface area is 313 Å². The summed E-state index contributed by atoms with van der Waals surface area (Å²) in [7, 11) is 3.38. The number of aromatic nitrogens is 2. The smallest absolute Gasteiger partial charge is 0.330 e. The number of hydrogen-bond acceptors (Lipinski definition) is 10. The van der Waals surface area contributed by atoms with Gasteiger partial charge in [-0.25, -0.2) is 19.6 Å². The normalized spacial score (nSPS) is 23.3. The lowest BCUT2D eigenvalue weighted by Crippen LogP contribution is -2.60. The molecule has 3 heterocycles. The minimum atomic E-state index is -1.50. The molecule has 2 aromatic heterocycles. The molecule has 53 heavy (non-hydrogen) atoms. The fraction of sp³-hybridized carbons (Fsp3) is 0.526. The number of benzene rings is 1. The maximum Gasteiger partial charge on any atom is 0.330 e. The van der Waals surface area contributed by atoms with Crippen LogP contribution in [0.5, 0.6) is 11.5 Å². The van der Waals surface area contributed by atoms with Crippen LogP contribution in [0, 0.1) is 18.3 Å². The zero-order chi connectivity index (χ0) is 38.2. The van der Waals surface area contributed by atoms with Crippen LogP contribution in [0.2, 0.25) is 0 Å². The van der Waals surface area contributed by atoms with Gasteiger partial charge in [-0.15, -0.1) is 17.9 Å². The zero-order valence-corrected chi connectivity index (χ0v) is 31.9. The summed E-state index contributed by atoms with van der Waals surface area (Å²) in [5, 5.41) is 25.1. The summed E-state index contributed by atoms with van der Waals surface area (Å²) in [5.41, 5.74) is 0.444. The summed E-state index contributed by atoms with van der Waals surface area (Å²) in [4.78, 5) is 65.2. The number of rotatable bonds is 12. The number of urea groups is 1. The van der Waals surface area contributed by atoms with Gasteiger partial charge in [0.15, 0.2) is 5.13 Å². The predicted molar refractivity (Wildman–Crippen MR) is 202 cm³/mol. The van der Waals surface area contributed by atoms with Gasteiger partial charge in [0.25, 0.3) is 0 Å². The molecule has 3 aliphatic rings. The topological polar surface area (TPSA) is 184 Å². The summed E-state index contributed by atoms with van der Waals surface area (Å²) >= 11 is 1.44. The summed E-state index contributed by atoms with van der Waals surface area (Å²) in [6.07, 6.45) is 4.94. The highest BCUT2D eigenvalue weighted by Gasteiger charge is 2.61. The van der Waals surface area contributed by atoms with E-state index in [1.807, 2.05) is 45.2 Å². The second-order valence-electron chi connectivity index (χ2n) is 15.3. The molecular weight excluding hydrogens is 699 g/mol. The van der Waals surface area contributed by atoms with Crippen LogP contribution < -0.4 is 30.7 Å². The van der Waals surface area contributed by atoms with Crippen LogP contribution in [0.15, 0.2) is 36.2 Å². The number of nitrogens with one attached hydrogen (secondary N) is 4. The number of carboxylic acids is 1. The van der Waals surface area contributed by atoms with Crippen molar-refractivity contribution in [2.45, 2.75) is 96.0 Å². The maximum atomic E-state index is 14.6. The van der Waals surface area contributed by atoms with Crippen molar-refractivity contribution in [3.63, 3.8) is 0 Å². The highest BCUT2D eigenvalue weighted by atomic mass is 32.1. The minimum Gasteiger partial charge on any atom is -0.496 e. The molecule has 3 fully saturated rings. The Morgan fingerprint density at radius 2 is 1.85 bits per heavy atom. The van der Waals surface area contributed by atoms with E-state index < -0.39 is 58.9 Å². The monoisotopic (exact) mass is 747 g/mol. The number of thiazole rings is 1. The van der Waals surface area contributed by atoms with E-state index in [-0.39, 0.29) is 25.4 Å². The van der Waals surface area contributed by atoms with Gasteiger partial charge in [-0.2, -0.15) is 0 Å². The van der Waals surface area contributed by atoms with Gasteiger partial charge in [-0.05, 0) is 43.2 Å². The number of pyridine rings is 1. The van der Waals surface area contributed by atoms with Crippen molar-refractivity contribution < 1.29 is 33.8 Å². The van der Waals surface area contributed by atoms with Gasteiger partial charge in [0, 0.05) is 48.3 Å². The van der Waals surface area contributed by atoms with Crippen LogP contribution in [0.3, 0.4) is 0 Å². The first-order valence-corrected chi connectivity index (χ1v) is 18.9. The number of anilines is 1. The predicted octanol–water partition coefficient (Wildman–Crippen LogP) is 4.87. The molecule has 4 amide bonds. The van der Waals surface area contributed by atoms with Crippen LogP contribution in [-0.4, -0.2) is 94.3 Å². The summed E-state index contributed by atoms with van der Waals surface area (Å²) < 4.78 is 12.3. The molecule has 15 heteroatoms. The largest absolute Gasteiger partial charge is 0.496 e. The SMILES string of the molecule is C=C[C@@H]1C[C@]1(NC(=O)[C@@H]1C[C@@H](Oc2cc(-c3csc(NC)n3)nc3cc(OC)c(C)cc23)CN1C(=O)[C@@H](NC(=O)NC1CCCC1)C(C)(C)C)C(=O)O. The van der Waals surface area contributed by atoms with Crippen LogP contribution >= 0.6 is 11.3 Å². The molecule has 1 aromatic carbocycles. The molecule has 284 valence electrons. The summed E-state index contributed by atoms with van der Waals surface area (Å²) in [5.74, 6) is -1.55. The van der Waals surface area contributed by atoms with Gasteiger partial charge >= 0.3 is 12.0 Å². The number of ether oxygens (including phenoxy) is 2. The first-order valence-electron chi connectivity index (χ1n) is 18.0. The van der Waals surface area contributed by atoms with E-state index >= 15 is 0 Å². The van der Waals surface area contributed by atoms with Gasteiger partial charge in [0.1, 0.15) is 40.9 Å². The molecule has 0 radical (unpaired) electrons. The number of aliphatic carboxylic acids is 1. The third kappa shape index (κ3) is 7.75. The van der Waals surface area contributed by atoms with Crippen molar-refractivity contribution in [1.29, 1.82) is 0 Å². The number of hydrogen-bond donors (Lipinski definition) is 5. The number of nitrogens with zero attached hydrogens (tertiary/aromatic N) is 3. The second-order valence-corrected chi connectivity index (χ2v) is 16.2. The molecule has 3 aromatic rings. The number of likely N-dealkylation sites (tertiary alicyclic amines) is 1. The zero-order valence-electron chi connectivity index (χ0n) is 31.1. The Morgan fingerprint density at radius 1 is 1.11 bits per heavy atom. The van der Waals surface area contributed by atoms with E-state index in [0.29, 0.717) is 33.8 Å². The quantitative estimate of drug-likeness (QED) is 0.160. The van der Waals surface area contributed by atoms with E-state index in [4.69, 9.17) is 14.5 Å². The van der Waals surface area contributed by atoms with Crippen LogP contribution in [0.4, 0.5) is 9.93 Å². The Bertz CT molecular complexity index is 1920. The molecule has 1 aliphatic heterocycles. The molecule has 5 N–H and O–H groups in total. The van der Waals surface area contributed by atoms with Crippen molar-refractivity contribution in [2.24, 2.45) is 11.3 Å². The first-order chi connectivity index (χ1) is 25.2. The Kier molecular flexibility index (Phi) is 10.6. The number of methoxy groups -OCH3 is 1. The van der Waals surface area contributed by atoms with Crippen LogP contribution in [-0.2, 0) is 14.4 Å². The third-order valence-electron chi connectivity index (χ3n) is 10.5. The molecular formula is C38H49N7O7S. The molecule has 6 rings (SSSR count). The van der Waals surface area contributed by atoms with Gasteiger partial charge in [0.2, 0.25) is 11.8 Å². The lowest BCUT2D eigenvalue weighted by Gasteiger charge is -2.35. The van der Waals surface area contributed by atoms with Gasteiger partial charge in [0.05, 0.1) is 24.9 Å². The second kappa shape index (κ2) is 14.8. The van der Waals surface area contributed by atoms with E-state index in [0.717, 1.165) is 36.4 Å². The average Bonchev–Trinajstić information content (AvgIpc) is 3.55. The van der Waals surface area contributed by atoms with E-state index in [1.54, 1.807) is 20.2 Å². The first kappa shape index (κ1) is 37.8. The van der Waals surface area contributed by atoms with E-state index in [1.165, 1.54) is 22.3 Å². The van der Waals surface area contributed by atoms with Crippen LogP contribution in [0.25, 0.3) is 22.3 Å². The van der Waals surface area contributed by atoms with Crippen molar-refractivity contribution in [1.82, 2.24) is 30.8 Å². The Hall–Kier alpha value is -4.92. The van der Waals surface area contributed by atoms with Gasteiger partial charge in [-0.1, -0.05) is 39.7 Å². The molecule has 2 aliphatic carbocycles. The molecule has 0 unspecified atom stereocenters. The Morgan fingerprint density at radius 3 is 2.45 bits per heavy atom. The van der Waals surface area contributed by atoms with Gasteiger partial charge < -0.3 is 40.7 Å². The molecule has 0 bridgehead atoms. The minimum absolute atomic E-state index is 0.00920. The highest BCUT2D eigenvalue weighted by molar-refractivity contribution is 7.14. The number of fused-ring (bicyclic) bond motifs is 1. The van der Waals surface area contributed by atoms with Crippen molar-refractivity contribution in [3.05, 3.63) is 41.8 Å². The molecule has 5 atom stereocenters. The average molecular weight is 748 g/mol. The summed E-state index contributed by atoms with van der Waals surface area (Å²) in [6.45, 7) is 11.2. The maximum absolute atomic E-state index is 14.6. The standard InChI is InChI=1S/C38H49N7O7S/c1-8-21-17-38(21,34(48)49)44-32(46)28-14-23(18-45(28)33(47)31(37(3,4)5)43-35(50)40-22-11-9-10-12-22)52-30-16-26(27-19-53-36(39-6)42-27)41-25-15-29(51-7)20(2)13-24(25)30/h8,13,15-16,19,21-23,28,31H,1,9-12,14,17-18H2,2-7H3,(H,39,42)(H,44,46)(H,48,49)(H2,40,43,50)/t21-,23-,28+,31-,38-/m1/s1. The number of aryl methyl sites for hydroxylation is 1. The Balaban J connectivity index is 1.34. The summed E-state index contributed by atoms with van der Waals surface area (Å²) in [6, 6.07) is 3.07. The highest BCUT2D eigenvalue weighted by Crippen LogP contribution is 2.45. The van der Waals surface area contributed by atoms with Crippen molar-refractivity contribution in [3.8, 4) is 22.9 Å². The van der Waals surface area contributed by atoms with Gasteiger partial charge in [-0.3, -0.25) is 9.59 Å². The third-order valence-corrected chi connectivity index (χ3v) is 11.4. The fourth-order valence-corrected chi connectivity index (χ4v) is 8.07. The molecule has 2 saturated carbocycles. The lowest BCUT2D eigenvalue weighted by atomic mass is 9.85. The lowest BCUT2D eigenvalue weighted by molar-refractivity contribution is -0.146. The number of carbonyl (C=O) groups excluding carboxylic acids is 3. The molecule has 0 spiro atoms. The molecule has 1 saturated heterocycles. The van der Waals surface area contributed by atoms with Crippen molar-refractivity contribution >= 4 is 51.2 Å². The fourth-order valence-electron chi connectivity index (χ4n) is 7.40. The number of carboxylic acid groups (broad SMARTS) is 1.